The molecule has 1 aliphatic heterocycles. The monoisotopic (exact) mass is 552 g/mol. The number of benzene rings is 1. The van der Waals surface area contributed by atoms with Gasteiger partial charge < -0.3 is 30.4 Å². The number of carbonyl (C=O) groups excluding carboxylic acids is 2. The van der Waals surface area contributed by atoms with Crippen molar-refractivity contribution in [3.63, 3.8) is 0 Å². The number of halogens is 2. The van der Waals surface area contributed by atoms with Crippen LogP contribution in [0.1, 0.15) is 30.3 Å². The summed E-state index contributed by atoms with van der Waals surface area (Å²) in [4.78, 5) is 34.2. The van der Waals surface area contributed by atoms with Gasteiger partial charge in [-0.2, -0.15) is 4.98 Å². The molecule has 38 heavy (non-hydrogen) atoms. The number of H-pyrrole nitrogens is 1. The minimum Gasteiger partial charge on any atom is -0.468 e. The molecule has 0 radical (unpaired) electrons. The Balaban J connectivity index is 1.81. The molecule has 1 aromatic carbocycles. The SMILES string of the molecule is CCOC(=O)C1=C(COCCOCC(N)c2nc(N)n[nH]2)N=C(CF)C(C(=O)OC)C1c1ccccc1Cl. The van der Waals surface area contributed by atoms with Crippen molar-refractivity contribution in [2.45, 2.75) is 18.9 Å². The van der Waals surface area contributed by atoms with Crippen LogP contribution in [0.2, 0.25) is 5.02 Å². The molecule has 2 aromatic rings. The first kappa shape index (κ1) is 29.2. The molecule has 14 heteroatoms. The molecular weight excluding hydrogens is 523 g/mol. The molecule has 206 valence electrons. The minimum atomic E-state index is -1.22. The highest BCUT2D eigenvalue weighted by Gasteiger charge is 2.45. The van der Waals surface area contributed by atoms with Crippen molar-refractivity contribution < 1.29 is 32.9 Å². The average molecular weight is 553 g/mol. The largest absolute Gasteiger partial charge is 0.468 e. The number of anilines is 1. The molecule has 2 heterocycles. The smallest absolute Gasteiger partial charge is 0.336 e. The lowest BCUT2D eigenvalue weighted by molar-refractivity contribution is -0.144. The van der Waals surface area contributed by atoms with Crippen molar-refractivity contribution in [2.24, 2.45) is 16.6 Å². The fraction of sp³-hybridized carbons (Fsp3) is 0.458. The molecule has 0 aliphatic carbocycles. The quantitative estimate of drug-likeness (QED) is 0.245. The van der Waals surface area contributed by atoms with Crippen LogP contribution in [-0.4, -0.2) is 79.7 Å². The summed E-state index contributed by atoms with van der Waals surface area (Å²) in [5.41, 5.74) is 11.9. The number of nitrogens with zero attached hydrogens (tertiary/aromatic N) is 3. The number of alkyl halides is 1. The number of hydrogen-bond acceptors (Lipinski definition) is 11. The number of aliphatic imine (C=N–C) groups is 1. The van der Waals surface area contributed by atoms with Crippen molar-refractivity contribution in [2.75, 3.05) is 52.6 Å². The van der Waals surface area contributed by atoms with Crippen LogP contribution < -0.4 is 11.5 Å². The third-order valence-electron chi connectivity index (χ3n) is 5.70. The number of methoxy groups -OCH3 is 1. The molecule has 3 atom stereocenters. The third-order valence-corrected chi connectivity index (χ3v) is 6.04. The van der Waals surface area contributed by atoms with Gasteiger partial charge in [-0.15, -0.1) is 5.10 Å². The van der Waals surface area contributed by atoms with E-state index in [1.54, 1.807) is 31.2 Å². The second-order valence-electron chi connectivity index (χ2n) is 8.13. The highest BCUT2D eigenvalue weighted by Crippen LogP contribution is 2.42. The first-order valence-corrected chi connectivity index (χ1v) is 12.1. The van der Waals surface area contributed by atoms with Crippen LogP contribution in [0.3, 0.4) is 0 Å². The summed E-state index contributed by atoms with van der Waals surface area (Å²) < 4.78 is 35.6. The van der Waals surface area contributed by atoms with Gasteiger partial charge in [0.25, 0.3) is 0 Å². The fourth-order valence-electron chi connectivity index (χ4n) is 4.01. The van der Waals surface area contributed by atoms with Crippen LogP contribution >= 0.6 is 11.6 Å². The molecular formula is C24H30ClFN6O6. The fourth-order valence-corrected chi connectivity index (χ4v) is 4.26. The van der Waals surface area contributed by atoms with Crippen LogP contribution in [0, 0.1) is 5.92 Å². The molecule has 0 amide bonds. The van der Waals surface area contributed by atoms with E-state index in [9.17, 15) is 14.0 Å². The molecule has 0 fully saturated rings. The van der Waals surface area contributed by atoms with Gasteiger partial charge in [0.05, 0.1) is 63.2 Å². The van der Waals surface area contributed by atoms with Gasteiger partial charge >= 0.3 is 11.9 Å². The molecule has 1 aliphatic rings. The maximum Gasteiger partial charge on any atom is 0.336 e. The number of ether oxygens (including phenoxy) is 4. The van der Waals surface area contributed by atoms with E-state index in [-0.39, 0.29) is 61.0 Å². The lowest BCUT2D eigenvalue weighted by atomic mass is 9.75. The molecule has 12 nitrogen and oxygen atoms in total. The zero-order valence-corrected chi connectivity index (χ0v) is 21.7. The van der Waals surface area contributed by atoms with Crippen LogP contribution in [0.5, 0.6) is 0 Å². The predicted molar refractivity (Wildman–Crippen MR) is 136 cm³/mol. The number of hydrogen-bond donors (Lipinski definition) is 3. The Hall–Kier alpha value is -3.39. The molecule has 0 bridgehead atoms. The molecule has 3 rings (SSSR count). The van der Waals surface area contributed by atoms with Gasteiger partial charge in [-0.3, -0.25) is 14.9 Å². The Kier molecular flexibility index (Phi) is 10.7. The second kappa shape index (κ2) is 14.0. The average Bonchev–Trinajstić information content (AvgIpc) is 3.36. The number of nitrogens with one attached hydrogen (secondary N) is 1. The number of carbonyl (C=O) groups is 2. The highest BCUT2D eigenvalue weighted by molar-refractivity contribution is 6.31. The Morgan fingerprint density at radius 3 is 2.61 bits per heavy atom. The van der Waals surface area contributed by atoms with Gasteiger partial charge in [0.1, 0.15) is 18.4 Å². The summed E-state index contributed by atoms with van der Waals surface area (Å²) >= 11 is 6.45. The molecule has 5 N–H and O–H groups in total. The van der Waals surface area contributed by atoms with Crippen molar-refractivity contribution in [3.05, 3.63) is 51.9 Å². The Morgan fingerprint density at radius 1 is 1.24 bits per heavy atom. The third kappa shape index (κ3) is 6.92. The molecule has 3 unspecified atom stereocenters. The van der Waals surface area contributed by atoms with Crippen LogP contribution in [-0.2, 0) is 28.5 Å². The summed E-state index contributed by atoms with van der Waals surface area (Å²) in [6, 6.07) is 6.10. The van der Waals surface area contributed by atoms with E-state index in [2.05, 4.69) is 20.2 Å². The van der Waals surface area contributed by atoms with Gasteiger partial charge in [0, 0.05) is 10.9 Å². The predicted octanol–water partition coefficient (Wildman–Crippen LogP) is 1.89. The van der Waals surface area contributed by atoms with Crippen molar-refractivity contribution in [1.82, 2.24) is 15.2 Å². The second-order valence-corrected chi connectivity index (χ2v) is 8.54. The summed E-state index contributed by atoms with van der Waals surface area (Å²) in [6.45, 7) is 0.854. The topological polar surface area (TPSA) is 177 Å². The van der Waals surface area contributed by atoms with Crippen LogP contribution in [0.15, 0.2) is 40.5 Å². The normalized spacial score (nSPS) is 18.2. The lowest BCUT2D eigenvalue weighted by Crippen LogP contribution is -2.39. The van der Waals surface area contributed by atoms with Crippen molar-refractivity contribution >= 4 is 35.2 Å². The van der Waals surface area contributed by atoms with Gasteiger partial charge in [-0.25, -0.2) is 9.18 Å². The van der Waals surface area contributed by atoms with E-state index in [0.717, 1.165) is 0 Å². The molecule has 0 spiro atoms. The van der Waals surface area contributed by atoms with E-state index < -0.39 is 36.5 Å². The Morgan fingerprint density at radius 2 is 1.97 bits per heavy atom. The summed E-state index contributed by atoms with van der Waals surface area (Å²) in [5.74, 6) is -3.24. The standard InChI is InChI=1S/C24H30ClFN6O6/c1-3-38-23(34)20-17(12-37-9-8-36-11-15(27)21-30-24(28)32-31-21)29-16(10-26)19(22(33)35-2)18(20)13-6-4-5-7-14(13)25/h4-7,15,18-19H,3,8-12,27H2,1-2H3,(H3,28,30,31,32). The first-order chi connectivity index (χ1) is 18.3. The van der Waals surface area contributed by atoms with Crippen LogP contribution in [0.4, 0.5) is 10.3 Å². The Bertz CT molecular complexity index is 1190. The number of aromatic amines is 1. The first-order valence-electron chi connectivity index (χ1n) is 11.8. The van der Waals surface area contributed by atoms with E-state index in [4.69, 9.17) is 42.0 Å². The van der Waals surface area contributed by atoms with Crippen molar-refractivity contribution in [3.8, 4) is 0 Å². The lowest BCUT2D eigenvalue weighted by Gasteiger charge is -2.32. The maximum absolute atomic E-state index is 14.2. The van der Waals surface area contributed by atoms with E-state index in [0.29, 0.717) is 11.4 Å². The highest BCUT2D eigenvalue weighted by atomic mass is 35.5. The molecule has 1 aromatic heterocycles. The van der Waals surface area contributed by atoms with Gasteiger partial charge in [-0.1, -0.05) is 29.8 Å². The zero-order valence-electron chi connectivity index (χ0n) is 21.0. The van der Waals surface area contributed by atoms with E-state index in [1.807, 2.05) is 0 Å². The van der Waals surface area contributed by atoms with Crippen LogP contribution in [0.25, 0.3) is 0 Å². The molecule has 0 saturated carbocycles. The zero-order chi connectivity index (χ0) is 27.7. The Labute approximate surface area is 223 Å². The summed E-state index contributed by atoms with van der Waals surface area (Å²) in [5, 5.41) is 6.61. The maximum atomic E-state index is 14.2. The number of rotatable bonds is 13. The number of nitrogen functional groups attached to an aromatic ring is 1. The molecule has 0 saturated heterocycles. The van der Waals surface area contributed by atoms with E-state index >= 15 is 0 Å². The van der Waals surface area contributed by atoms with E-state index in [1.165, 1.54) is 7.11 Å². The number of nitrogens with two attached hydrogens (primary N) is 2. The van der Waals surface area contributed by atoms with Crippen molar-refractivity contribution in [1.29, 1.82) is 0 Å². The number of esters is 2. The minimum absolute atomic E-state index is 0.0402. The van der Waals surface area contributed by atoms with Gasteiger partial charge in [0.2, 0.25) is 5.95 Å². The summed E-state index contributed by atoms with van der Waals surface area (Å²) in [6.07, 6.45) is 0. The van der Waals surface area contributed by atoms with Gasteiger partial charge in [0.15, 0.2) is 0 Å². The number of aromatic nitrogens is 3. The van der Waals surface area contributed by atoms with Gasteiger partial charge in [-0.05, 0) is 18.6 Å². The summed E-state index contributed by atoms with van der Waals surface area (Å²) in [7, 11) is 1.18.